The van der Waals surface area contributed by atoms with Gasteiger partial charge in [0, 0.05) is 0 Å². The molecule has 0 aliphatic carbocycles. The van der Waals surface area contributed by atoms with Crippen LogP contribution in [0.5, 0.6) is 11.5 Å². The van der Waals surface area contributed by atoms with Gasteiger partial charge in [0.2, 0.25) is 0 Å². The lowest BCUT2D eigenvalue weighted by Gasteiger charge is -2.13. The molecule has 0 aliphatic rings. The van der Waals surface area contributed by atoms with Crippen molar-refractivity contribution in [3.8, 4) is 11.5 Å². The van der Waals surface area contributed by atoms with Crippen LogP contribution in [0.2, 0.25) is 0 Å². The standard InChI is InChI=1S/C21H19NO5/c1-15(20(23)22-14-19-8-5-13-25-19)26-21(24)16-9-11-18(12-10-16)27-17-6-3-2-4-7-17/h2-13,15H,14H2,1H3,(H,22,23)/t15-/m1/s1. The van der Waals surface area contributed by atoms with Gasteiger partial charge in [-0.15, -0.1) is 0 Å². The van der Waals surface area contributed by atoms with Crippen molar-refractivity contribution in [3.63, 3.8) is 0 Å². The first-order valence-electron chi connectivity index (χ1n) is 8.46. The maximum Gasteiger partial charge on any atom is 0.338 e. The lowest BCUT2D eigenvalue weighted by molar-refractivity contribution is -0.129. The molecule has 0 unspecified atom stereocenters. The number of furan rings is 1. The van der Waals surface area contributed by atoms with Crippen molar-refractivity contribution < 1.29 is 23.5 Å². The predicted octanol–water partition coefficient (Wildman–Crippen LogP) is 3.93. The molecule has 138 valence electrons. The number of para-hydroxylation sites is 1. The molecule has 0 bridgehead atoms. The minimum Gasteiger partial charge on any atom is -0.467 e. The van der Waals surface area contributed by atoms with Gasteiger partial charge in [-0.05, 0) is 55.5 Å². The van der Waals surface area contributed by atoms with Crippen molar-refractivity contribution in [3.05, 3.63) is 84.3 Å². The van der Waals surface area contributed by atoms with E-state index in [9.17, 15) is 9.59 Å². The smallest absolute Gasteiger partial charge is 0.338 e. The van der Waals surface area contributed by atoms with Crippen LogP contribution in [0.25, 0.3) is 0 Å². The molecular formula is C21H19NO5. The van der Waals surface area contributed by atoms with Crippen LogP contribution in [-0.4, -0.2) is 18.0 Å². The van der Waals surface area contributed by atoms with Crippen molar-refractivity contribution in [2.45, 2.75) is 19.6 Å². The van der Waals surface area contributed by atoms with E-state index >= 15 is 0 Å². The molecule has 1 atom stereocenters. The van der Waals surface area contributed by atoms with Gasteiger partial charge in [-0.25, -0.2) is 4.79 Å². The van der Waals surface area contributed by atoms with Crippen molar-refractivity contribution in [2.24, 2.45) is 0 Å². The number of carbonyl (C=O) groups is 2. The number of amides is 1. The van der Waals surface area contributed by atoms with Crippen LogP contribution in [0, 0.1) is 0 Å². The third-order valence-electron chi connectivity index (χ3n) is 3.74. The number of rotatable bonds is 7. The summed E-state index contributed by atoms with van der Waals surface area (Å²) in [4.78, 5) is 24.2. The van der Waals surface area contributed by atoms with Gasteiger partial charge >= 0.3 is 5.97 Å². The van der Waals surface area contributed by atoms with Crippen molar-refractivity contribution in [2.75, 3.05) is 0 Å². The van der Waals surface area contributed by atoms with Crippen LogP contribution >= 0.6 is 0 Å². The maximum atomic E-state index is 12.2. The third-order valence-corrected chi connectivity index (χ3v) is 3.74. The molecule has 1 N–H and O–H groups in total. The van der Waals surface area contributed by atoms with Crippen LogP contribution in [0.1, 0.15) is 23.0 Å². The molecule has 27 heavy (non-hydrogen) atoms. The predicted molar refractivity (Wildman–Crippen MR) is 98.4 cm³/mol. The van der Waals surface area contributed by atoms with E-state index in [-0.39, 0.29) is 6.54 Å². The molecule has 3 aromatic rings. The second-order valence-electron chi connectivity index (χ2n) is 5.78. The van der Waals surface area contributed by atoms with Gasteiger partial charge < -0.3 is 19.2 Å². The first kappa shape index (κ1) is 18.3. The minimum atomic E-state index is -0.923. The number of esters is 1. The van der Waals surface area contributed by atoms with E-state index in [0.717, 1.165) is 0 Å². The molecule has 1 amide bonds. The molecule has 3 rings (SSSR count). The molecular weight excluding hydrogens is 346 g/mol. The average molecular weight is 365 g/mol. The molecule has 0 saturated carbocycles. The highest BCUT2D eigenvalue weighted by atomic mass is 16.5. The SMILES string of the molecule is C[C@@H](OC(=O)c1ccc(Oc2ccccc2)cc1)C(=O)NCc1ccco1. The Kier molecular flexibility index (Phi) is 5.89. The van der Waals surface area contributed by atoms with Gasteiger partial charge in [0.15, 0.2) is 6.10 Å². The minimum absolute atomic E-state index is 0.235. The highest BCUT2D eigenvalue weighted by Gasteiger charge is 2.19. The van der Waals surface area contributed by atoms with E-state index in [1.165, 1.54) is 13.2 Å². The summed E-state index contributed by atoms with van der Waals surface area (Å²) in [5, 5.41) is 2.65. The lowest BCUT2D eigenvalue weighted by atomic mass is 10.2. The molecule has 0 fully saturated rings. The maximum absolute atomic E-state index is 12.2. The molecule has 1 heterocycles. The van der Waals surface area contributed by atoms with Crippen molar-refractivity contribution >= 4 is 11.9 Å². The second-order valence-corrected chi connectivity index (χ2v) is 5.78. The zero-order valence-electron chi connectivity index (χ0n) is 14.8. The Bertz CT molecular complexity index is 873. The Morgan fingerprint density at radius 2 is 1.67 bits per heavy atom. The zero-order chi connectivity index (χ0) is 19.1. The summed E-state index contributed by atoms with van der Waals surface area (Å²) in [5.74, 6) is 0.943. The quantitative estimate of drug-likeness (QED) is 0.642. The number of nitrogens with one attached hydrogen (secondary N) is 1. The van der Waals surface area contributed by atoms with Crippen LogP contribution < -0.4 is 10.1 Å². The number of carbonyl (C=O) groups excluding carboxylic acids is 2. The largest absolute Gasteiger partial charge is 0.467 e. The fourth-order valence-corrected chi connectivity index (χ4v) is 2.30. The lowest BCUT2D eigenvalue weighted by Crippen LogP contribution is -2.35. The molecule has 1 aromatic heterocycles. The summed E-state index contributed by atoms with van der Waals surface area (Å²) >= 11 is 0. The number of hydrogen-bond acceptors (Lipinski definition) is 5. The third kappa shape index (κ3) is 5.22. The van der Waals surface area contributed by atoms with Crippen LogP contribution in [0.3, 0.4) is 0 Å². The Labute approximate surface area is 156 Å². The average Bonchev–Trinajstić information content (AvgIpc) is 3.21. The van der Waals surface area contributed by atoms with Crippen LogP contribution in [0.4, 0.5) is 0 Å². The van der Waals surface area contributed by atoms with Gasteiger partial charge in [-0.3, -0.25) is 4.79 Å². The highest BCUT2D eigenvalue weighted by molar-refractivity contribution is 5.92. The summed E-state index contributed by atoms with van der Waals surface area (Å²) in [6.07, 6.45) is 0.601. The Balaban J connectivity index is 1.51. The van der Waals surface area contributed by atoms with E-state index in [2.05, 4.69) is 5.32 Å². The number of hydrogen-bond donors (Lipinski definition) is 1. The summed E-state index contributed by atoms with van der Waals surface area (Å²) in [6, 6.07) is 19.3. The van der Waals surface area contributed by atoms with Gasteiger partial charge in [0.25, 0.3) is 5.91 Å². The van der Waals surface area contributed by atoms with Crippen molar-refractivity contribution in [1.29, 1.82) is 0 Å². The van der Waals surface area contributed by atoms with Gasteiger partial charge in [-0.2, -0.15) is 0 Å². The zero-order valence-corrected chi connectivity index (χ0v) is 14.8. The second kappa shape index (κ2) is 8.71. The summed E-state index contributed by atoms with van der Waals surface area (Å²) in [7, 11) is 0. The molecule has 2 aromatic carbocycles. The van der Waals surface area contributed by atoms with Gasteiger partial charge in [0.1, 0.15) is 17.3 Å². The monoisotopic (exact) mass is 365 g/mol. The number of benzene rings is 2. The summed E-state index contributed by atoms with van der Waals surface area (Å²) in [5.41, 5.74) is 0.334. The number of ether oxygens (including phenoxy) is 2. The Hall–Kier alpha value is -3.54. The molecule has 0 radical (unpaired) electrons. The van der Waals surface area contributed by atoms with E-state index in [1.54, 1.807) is 36.4 Å². The molecule has 0 aliphatic heterocycles. The van der Waals surface area contributed by atoms with Crippen molar-refractivity contribution in [1.82, 2.24) is 5.32 Å². The Morgan fingerprint density at radius 3 is 2.33 bits per heavy atom. The molecule has 6 heteroatoms. The molecule has 6 nitrogen and oxygen atoms in total. The molecule has 0 spiro atoms. The summed E-state index contributed by atoms with van der Waals surface area (Å²) < 4.78 is 16.0. The summed E-state index contributed by atoms with van der Waals surface area (Å²) in [6.45, 7) is 1.75. The molecule has 0 saturated heterocycles. The Morgan fingerprint density at radius 1 is 0.963 bits per heavy atom. The first-order valence-corrected chi connectivity index (χ1v) is 8.46. The van der Waals surface area contributed by atoms with E-state index in [4.69, 9.17) is 13.9 Å². The van der Waals surface area contributed by atoms with E-state index < -0.39 is 18.0 Å². The first-order chi connectivity index (χ1) is 13.1. The fourth-order valence-electron chi connectivity index (χ4n) is 2.30. The fraction of sp³-hybridized carbons (Fsp3) is 0.143. The van der Waals surface area contributed by atoms with Crippen LogP contribution in [-0.2, 0) is 16.1 Å². The highest BCUT2D eigenvalue weighted by Crippen LogP contribution is 2.21. The topological polar surface area (TPSA) is 77.8 Å². The van der Waals surface area contributed by atoms with E-state index in [0.29, 0.717) is 22.8 Å². The van der Waals surface area contributed by atoms with Gasteiger partial charge in [-0.1, -0.05) is 18.2 Å². The normalized spacial score (nSPS) is 11.4. The van der Waals surface area contributed by atoms with Crippen LogP contribution in [0.15, 0.2) is 77.4 Å². The van der Waals surface area contributed by atoms with Gasteiger partial charge in [0.05, 0.1) is 18.4 Å². The van der Waals surface area contributed by atoms with E-state index in [1.807, 2.05) is 30.3 Å².